The Balaban J connectivity index is 3.04. The molecule has 0 unspecified atom stereocenters. The number of benzene rings is 1. The zero-order chi connectivity index (χ0) is 8.27. The molecule has 0 saturated heterocycles. The first-order chi connectivity index (χ1) is 5.20. The molecule has 1 aromatic rings. The zero-order valence-corrected chi connectivity index (χ0v) is 7.96. The van der Waals surface area contributed by atoms with Gasteiger partial charge in [-0.2, -0.15) is 0 Å². The van der Waals surface area contributed by atoms with Crippen molar-refractivity contribution in [3.05, 3.63) is 29.8 Å². The monoisotopic (exact) mass is 213 g/mol. The maximum atomic E-state index is 5.39. The van der Waals surface area contributed by atoms with Gasteiger partial charge in [-0.25, -0.2) is 0 Å². The molecule has 1 radical (unpaired) electrons. The van der Waals surface area contributed by atoms with Crippen LogP contribution >= 0.6 is 0 Å². The van der Waals surface area contributed by atoms with E-state index in [2.05, 4.69) is 21.0 Å². The molecule has 2 N–H and O–H groups in total. The molecule has 0 bridgehead atoms. The predicted octanol–water partition coefficient (Wildman–Crippen LogP) is 1.11. The molecule has 0 heterocycles. The van der Waals surface area contributed by atoms with Crippen LogP contribution in [0.3, 0.4) is 0 Å². The summed E-state index contributed by atoms with van der Waals surface area (Å²) in [5, 5.41) is 0. The average Bonchev–Trinajstić information content (AvgIpc) is 1.93. The SMILES string of the molecule is Cc1ccccc1N=C(N)[Se]. The van der Waals surface area contributed by atoms with Crippen LogP contribution < -0.4 is 5.73 Å². The molecule has 2 nitrogen and oxygen atoms in total. The van der Waals surface area contributed by atoms with Crippen LogP contribution in [0.25, 0.3) is 0 Å². The number of hydrogen-bond acceptors (Lipinski definition) is 1. The fourth-order valence-corrected chi connectivity index (χ4v) is 1.01. The molecule has 0 fully saturated rings. The standard InChI is InChI=1S/C8H9N2Se/c1-6-4-2-3-5-7(6)10-8(9)11/h2-5H,1H3,(H2,9,10). The quantitative estimate of drug-likeness (QED) is 0.422. The topological polar surface area (TPSA) is 38.4 Å². The van der Waals surface area contributed by atoms with Crippen molar-refractivity contribution < 1.29 is 0 Å². The summed E-state index contributed by atoms with van der Waals surface area (Å²) in [7, 11) is 0. The van der Waals surface area contributed by atoms with Gasteiger partial charge in [0.2, 0.25) is 0 Å². The van der Waals surface area contributed by atoms with Gasteiger partial charge in [0.25, 0.3) is 0 Å². The van der Waals surface area contributed by atoms with Crippen LogP contribution in [0.15, 0.2) is 29.3 Å². The van der Waals surface area contributed by atoms with E-state index in [9.17, 15) is 0 Å². The third-order valence-corrected chi connectivity index (χ3v) is 1.54. The van der Waals surface area contributed by atoms with E-state index in [1.165, 1.54) is 0 Å². The minimum atomic E-state index is 0.472. The Hall–Kier alpha value is -0.791. The molecule has 0 aliphatic rings. The summed E-state index contributed by atoms with van der Waals surface area (Å²) in [5.41, 5.74) is 7.44. The van der Waals surface area contributed by atoms with Crippen LogP contribution in [0.1, 0.15) is 5.56 Å². The van der Waals surface area contributed by atoms with Crippen molar-refractivity contribution in [1.82, 2.24) is 0 Å². The first-order valence-electron chi connectivity index (χ1n) is 3.27. The molecule has 0 aromatic heterocycles. The van der Waals surface area contributed by atoms with Crippen molar-refractivity contribution in [2.45, 2.75) is 6.92 Å². The number of amidine groups is 1. The molecule has 0 aliphatic carbocycles. The third-order valence-electron chi connectivity index (χ3n) is 1.35. The Morgan fingerprint density at radius 3 is 2.64 bits per heavy atom. The number of para-hydroxylation sites is 1. The number of rotatable bonds is 1. The summed E-state index contributed by atoms with van der Waals surface area (Å²) < 4.78 is 0.472. The second-order valence-corrected chi connectivity index (χ2v) is 3.11. The van der Waals surface area contributed by atoms with Crippen molar-refractivity contribution in [1.29, 1.82) is 0 Å². The summed E-state index contributed by atoms with van der Waals surface area (Å²) in [4.78, 5) is 4.10. The van der Waals surface area contributed by atoms with E-state index < -0.39 is 0 Å². The van der Waals surface area contributed by atoms with E-state index in [0.29, 0.717) is 4.73 Å². The molecule has 0 aliphatic heterocycles. The summed E-state index contributed by atoms with van der Waals surface area (Å²) >= 11 is 2.64. The van der Waals surface area contributed by atoms with Gasteiger partial charge >= 0.3 is 73.9 Å². The van der Waals surface area contributed by atoms with E-state index in [4.69, 9.17) is 5.73 Å². The van der Waals surface area contributed by atoms with Gasteiger partial charge in [-0.15, -0.1) is 0 Å². The van der Waals surface area contributed by atoms with E-state index in [-0.39, 0.29) is 0 Å². The fourth-order valence-electron chi connectivity index (χ4n) is 0.808. The van der Waals surface area contributed by atoms with Gasteiger partial charge < -0.3 is 0 Å². The van der Waals surface area contributed by atoms with Gasteiger partial charge in [-0.1, -0.05) is 0 Å². The molecular weight excluding hydrogens is 203 g/mol. The molecule has 3 heteroatoms. The third kappa shape index (κ3) is 2.37. The minimum absolute atomic E-state index is 0.472. The van der Waals surface area contributed by atoms with Crippen molar-refractivity contribution in [2.75, 3.05) is 0 Å². The second kappa shape index (κ2) is 3.56. The van der Waals surface area contributed by atoms with E-state index in [0.717, 1.165) is 11.3 Å². The Bertz CT molecular complexity index is 277. The average molecular weight is 212 g/mol. The van der Waals surface area contributed by atoms with E-state index in [1.807, 2.05) is 31.2 Å². The van der Waals surface area contributed by atoms with Crippen molar-refractivity contribution >= 4 is 26.4 Å². The number of aryl methyl sites for hydroxylation is 1. The number of nitrogens with two attached hydrogens (primary N) is 1. The molecule has 57 valence electrons. The van der Waals surface area contributed by atoms with Gasteiger partial charge in [-0.05, 0) is 0 Å². The van der Waals surface area contributed by atoms with E-state index in [1.54, 1.807) is 0 Å². The van der Waals surface area contributed by atoms with E-state index >= 15 is 0 Å². The molecule has 1 aromatic carbocycles. The Morgan fingerprint density at radius 2 is 2.09 bits per heavy atom. The van der Waals surface area contributed by atoms with Gasteiger partial charge in [0.05, 0.1) is 0 Å². The summed E-state index contributed by atoms with van der Waals surface area (Å²) in [5.74, 6) is 0. The van der Waals surface area contributed by atoms with Crippen LogP contribution in [0, 0.1) is 6.92 Å². The molecule has 0 spiro atoms. The van der Waals surface area contributed by atoms with Gasteiger partial charge in [0.15, 0.2) is 0 Å². The Labute approximate surface area is 74.3 Å². The summed E-state index contributed by atoms with van der Waals surface area (Å²) in [6, 6.07) is 7.85. The van der Waals surface area contributed by atoms with Crippen LogP contribution in [-0.2, 0) is 0 Å². The number of nitrogens with zero attached hydrogens (tertiary/aromatic N) is 1. The van der Waals surface area contributed by atoms with Crippen LogP contribution in [0.5, 0.6) is 0 Å². The molecule has 11 heavy (non-hydrogen) atoms. The first kappa shape index (κ1) is 8.31. The summed E-state index contributed by atoms with van der Waals surface area (Å²) in [6.07, 6.45) is 0. The first-order valence-corrected chi connectivity index (χ1v) is 4.12. The Morgan fingerprint density at radius 1 is 1.45 bits per heavy atom. The van der Waals surface area contributed by atoms with Crippen molar-refractivity contribution in [3.63, 3.8) is 0 Å². The van der Waals surface area contributed by atoms with Crippen molar-refractivity contribution in [2.24, 2.45) is 10.7 Å². The Kier molecular flexibility index (Phi) is 2.69. The van der Waals surface area contributed by atoms with Gasteiger partial charge in [0, 0.05) is 0 Å². The van der Waals surface area contributed by atoms with Crippen LogP contribution in [0.2, 0.25) is 0 Å². The number of hydrogen-bond donors (Lipinski definition) is 1. The normalized spacial score (nSPS) is 11.5. The molecule has 0 atom stereocenters. The molecule has 0 saturated carbocycles. The second-order valence-electron chi connectivity index (χ2n) is 2.24. The molecule has 1 rings (SSSR count). The van der Waals surface area contributed by atoms with Gasteiger partial charge in [0.1, 0.15) is 0 Å². The van der Waals surface area contributed by atoms with Crippen LogP contribution in [-0.4, -0.2) is 20.7 Å². The summed E-state index contributed by atoms with van der Waals surface area (Å²) in [6.45, 7) is 2.00. The number of aliphatic imine (C=N–C) groups is 1. The maximum absolute atomic E-state index is 5.39. The zero-order valence-electron chi connectivity index (χ0n) is 6.24. The molecule has 0 amide bonds. The van der Waals surface area contributed by atoms with Crippen molar-refractivity contribution in [3.8, 4) is 0 Å². The van der Waals surface area contributed by atoms with Gasteiger partial charge in [-0.3, -0.25) is 0 Å². The fraction of sp³-hybridized carbons (Fsp3) is 0.125. The predicted molar refractivity (Wildman–Crippen MR) is 48.2 cm³/mol. The molecular formula is C8H9N2Se. The van der Waals surface area contributed by atoms with Crippen LogP contribution in [0.4, 0.5) is 5.69 Å².